The number of hydrogen-bond acceptors (Lipinski definition) is 4. The summed E-state index contributed by atoms with van der Waals surface area (Å²) in [4.78, 5) is 19.0. The normalized spacial score (nSPS) is 19.5. The van der Waals surface area contributed by atoms with E-state index in [9.17, 15) is 13.2 Å². The van der Waals surface area contributed by atoms with Gasteiger partial charge in [0.05, 0.1) is 21.6 Å². The van der Waals surface area contributed by atoms with Crippen LogP contribution in [0.1, 0.15) is 48.2 Å². The molecule has 2 fully saturated rings. The maximum absolute atomic E-state index is 12.9. The molecule has 1 amide bonds. The van der Waals surface area contributed by atoms with Gasteiger partial charge in [-0.25, -0.2) is 8.42 Å². The van der Waals surface area contributed by atoms with E-state index in [1.54, 1.807) is 11.0 Å². The summed E-state index contributed by atoms with van der Waals surface area (Å²) in [6.45, 7) is 2.51. The zero-order valence-corrected chi connectivity index (χ0v) is 15.8. The topological polar surface area (TPSA) is 67.3 Å². The summed E-state index contributed by atoms with van der Waals surface area (Å²) in [6.07, 6.45) is 4.69. The van der Waals surface area contributed by atoms with Crippen LogP contribution >= 0.6 is 0 Å². The summed E-state index contributed by atoms with van der Waals surface area (Å²) in [7, 11) is -3.13. The predicted molar refractivity (Wildman–Crippen MR) is 102 cm³/mol. The van der Waals surface area contributed by atoms with Gasteiger partial charge in [-0.2, -0.15) is 0 Å². The van der Waals surface area contributed by atoms with Crippen molar-refractivity contribution in [2.24, 2.45) is 0 Å². The molecule has 0 spiro atoms. The maximum Gasteiger partial charge on any atom is 0.256 e. The van der Waals surface area contributed by atoms with Crippen LogP contribution in [-0.2, 0) is 9.84 Å². The van der Waals surface area contributed by atoms with Crippen LogP contribution in [0.5, 0.6) is 0 Å². The molecule has 6 heteroatoms. The van der Waals surface area contributed by atoms with E-state index in [0.29, 0.717) is 24.2 Å². The Morgan fingerprint density at radius 2 is 1.77 bits per heavy atom. The van der Waals surface area contributed by atoms with E-state index < -0.39 is 15.1 Å². The Labute approximate surface area is 154 Å². The van der Waals surface area contributed by atoms with E-state index in [2.05, 4.69) is 4.98 Å². The van der Waals surface area contributed by atoms with Gasteiger partial charge in [-0.15, -0.1) is 0 Å². The molecule has 1 aliphatic carbocycles. The number of para-hydroxylation sites is 1. The van der Waals surface area contributed by atoms with Crippen LogP contribution in [0.3, 0.4) is 0 Å². The van der Waals surface area contributed by atoms with Crippen LogP contribution in [0.15, 0.2) is 30.3 Å². The van der Waals surface area contributed by atoms with Crippen molar-refractivity contribution in [3.8, 4) is 0 Å². The summed E-state index contributed by atoms with van der Waals surface area (Å²) >= 11 is 0. The highest BCUT2D eigenvalue weighted by Crippen LogP contribution is 2.31. The zero-order chi connectivity index (χ0) is 18.3. The van der Waals surface area contributed by atoms with Crippen molar-refractivity contribution in [2.75, 3.05) is 13.1 Å². The van der Waals surface area contributed by atoms with Gasteiger partial charge in [-0.3, -0.25) is 9.78 Å². The van der Waals surface area contributed by atoms with Crippen molar-refractivity contribution < 1.29 is 13.2 Å². The molecular weight excluding hydrogens is 348 g/mol. The highest BCUT2D eigenvalue weighted by atomic mass is 32.2. The minimum absolute atomic E-state index is 0.121. The van der Waals surface area contributed by atoms with E-state index in [4.69, 9.17) is 0 Å². The molecule has 2 heterocycles. The number of aromatic nitrogens is 1. The molecular formula is C20H24N2O3S. The summed E-state index contributed by atoms with van der Waals surface area (Å²) in [5, 5.41) is 0.313. The first-order chi connectivity index (χ1) is 12.5. The molecule has 1 aromatic carbocycles. The average Bonchev–Trinajstić information content (AvgIpc) is 2.60. The molecule has 1 saturated heterocycles. The van der Waals surface area contributed by atoms with Gasteiger partial charge < -0.3 is 4.90 Å². The number of nitrogens with zero attached hydrogens (tertiary/aromatic N) is 2. The number of fused-ring (bicyclic) bond motifs is 1. The van der Waals surface area contributed by atoms with Crippen LogP contribution in [0.2, 0.25) is 0 Å². The largest absolute Gasteiger partial charge is 0.336 e. The second kappa shape index (κ2) is 6.65. The molecule has 26 heavy (non-hydrogen) atoms. The number of hydrogen-bond donors (Lipinski definition) is 0. The van der Waals surface area contributed by atoms with Crippen molar-refractivity contribution in [1.82, 2.24) is 9.88 Å². The van der Waals surface area contributed by atoms with Gasteiger partial charge in [0.15, 0.2) is 9.84 Å². The van der Waals surface area contributed by atoms with Crippen molar-refractivity contribution in [1.29, 1.82) is 0 Å². The van der Waals surface area contributed by atoms with Crippen molar-refractivity contribution in [3.05, 3.63) is 41.6 Å². The molecule has 0 atom stereocenters. The highest BCUT2D eigenvalue weighted by molar-refractivity contribution is 7.92. The third-order valence-corrected chi connectivity index (χ3v) is 8.33. The Morgan fingerprint density at radius 1 is 1.04 bits per heavy atom. The lowest BCUT2D eigenvalue weighted by Crippen LogP contribution is -2.58. The molecule has 2 aromatic rings. The number of rotatable bonds is 3. The number of amides is 1. The monoisotopic (exact) mass is 372 g/mol. The van der Waals surface area contributed by atoms with Gasteiger partial charge in [0, 0.05) is 24.2 Å². The lowest BCUT2D eigenvalue weighted by molar-refractivity contribution is 0.0660. The van der Waals surface area contributed by atoms with Gasteiger partial charge >= 0.3 is 0 Å². The SMILES string of the molecule is Cc1ccc2cccc(C(=O)N3CC(S(=O)(=O)C4CCCCC4)C3)c2n1. The fourth-order valence-corrected chi connectivity index (χ4v) is 6.38. The number of benzene rings is 1. The average molecular weight is 372 g/mol. The third kappa shape index (κ3) is 3.00. The Bertz CT molecular complexity index is 943. The standard InChI is InChI=1S/C20H24N2O3S/c1-14-10-11-15-6-5-9-18(19(15)21-14)20(23)22-12-17(13-22)26(24,25)16-7-3-2-4-8-16/h5-6,9-11,16-17H,2-4,7-8,12-13H2,1H3. The van der Waals surface area contributed by atoms with Gasteiger partial charge in [0.2, 0.25) is 0 Å². The molecule has 2 aliphatic rings. The summed E-state index contributed by atoms with van der Waals surface area (Å²) < 4.78 is 25.6. The second-order valence-corrected chi connectivity index (χ2v) is 10.0. The summed E-state index contributed by atoms with van der Waals surface area (Å²) in [5.41, 5.74) is 2.11. The third-order valence-electron chi connectivity index (χ3n) is 5.71. The van der Waals surface area contributed by atoms with Crippen LogP contribution in [0.4, 0.5) is 0 Å². The molecule has 0 unspecified atom stereocenters. The van der Waals surface area contributed by atoms with Gasteiger partial charge in [0.25, 0.3) is 5.91 Å². The second-order valence-electron chi connectivity index (χ2n) is 7.51. The first-order valence-corrected chi connectivity index (χ1v) is 11.0. The molecule has 1 saturated carbocycles. The number of sulfone groups is 1. The molecule has 138 valence electrons. The van der Waals surface area contributed by atoms with E-state index in [1.165, 1.54) is 0 Å². The lowest BCUT2D eigenvalue weighted by atomic mass is 10.0. The molecule has 1 aromatic heterocycles. The van der Waals surface area contributed by atoms with E-state index in [0.717, 1.165) is 43.2 Å². The smallest absolute Gasteiger partial charge is 0.256 e. The fourth-order valence-electron chi connectivity index (χ4n) is 4.07. The molecule has 0 bridgehead atoms. The van der Waals surface area contributed by atoms with Gasteiger partial charge in [-0.1, -0.05) is 37.5 Å². The van der Waals surface area contributed by atoms with Gasteiger partial charge in [-0.05, 0) is 31.9 Å². The number of carbonyl (C=O) groups excluding carboxylic acids is 1. The molecule has 0 N–H and O–H groups in total. The first kappa shape index (κ1) is 17.5. The Kier molecular flexibility index (Phi) is 4.47. The van der Waals surface area contributed by atoms with Crippen LogP contribution in [-0.4, -0.2) is 47.8 Å². The Morgan fingerprint density at radius 3 is 2.50 bits per heavy atom. The minimum Gasteiger partial charge on any atom is -0.336 e. The number of pyridine rings is 1. The lowest BCUT2D eigenvalue weighted by Gasteiger charge is -2.41. The summed E-state index contributed by atoms with van der Waals surface area (Å²) in [5.74, 6) is -0.121. The minimum atomic E-state index is -3.13. The first-order valence-electron chi connectivity index (χ1n) is 9.35. The molecule has 5 nitrogen and oxygen atoms in total. The molecule has 0 radical (unpaired) electrons. The van der Waals surface area contributed by atoms with Crippen molar-refractivity contribution in [2.45, 2.75) is 49.5 Å². The van der Waals surface area contributed by atoms with Gasteiger partial charge in [0.1, 0.15) is 0 Å². The van der Waals surface area contributed by atoms with E-state index >= 15 is 0 Å². The van der Waals surface area contributed by atoms with E-state index in [-0.39, 0.29) is 11.2 Å². The predicted octanol–water partition coefficient (Wildman–Crippen LogP) is 3.12. The number of aryl methyl sites for hydroxylation is 1. The fraction of sp³-hybridized carbons (Fsp3) is 0.500. The summed E-state index contributed by atoms with van der Waals surface area (Å²) in [6, 6.07) is 9.45. The quantitative estimate of drug-likeness (QED) is 0.830. The Hall–Kier alpha value is -1.95. The van der Waals surface area contributed by atoms with Crippen molar-refractivity contribution in [3.63, 3.8) is 0 Å². The number of likely N-dealkylation sites (tertiary alicyclic amines) is 1. The highest BCUT2D eigenvalue weighted by Gasteiger charge is 2.44. The molecule has 4 rings (SSSR count). The van der Waals surface area contributed by atoms with Crippen LogP contribution in [0.25, 0.3) is 10.9 Å². The van der Waals surface area contributed by atoms with E-state index in [1.807, 2.05) is 31.2 Å². The zero-order valence-electron chi connectivity index (χ0n) is 15.0. The van der Waals surface area contributed by atoms with Crippen LogP contribution in [0, 0.1) is 6.92 Å². The van der Waals surface area contributed by atoms with Crippen LogP contribution < -0.4 is 0 Å². The molecule has 1 aliphatic heterocycles. The maximum atomic E-state index is 12.9. The Balaban J connectivity index is 1.51. The van der Waals surface area contributed by atoms with Crippen molar-refractivity contribution >= 4 is 26.6 Å². The number of carbonyl (C=O) groups is 1.